The number of nitrogens with one attached hydrogen (secondary N) is 1. The van der Waals surface area contributed by atoms with Gasteiger partial charge < -0.3 is 16.2 Å². The molecule has 2 aromatic heterocycles. The number of aliphatic hydroxyl groups is 1. The molecule has 7 heteroatoms. The molecule has 4 N–H and O–H groups in total. The number of thioether (sulfide) groups is 1. The van der Waals surface area contributed by atoms with Crippen molar-refractivity contribution in [1.82, 2.24) is 9.97 Å². The van der Waals surface area contributed by atoms with Crippen molar-refractivity contribution in [1.29, 1.82) is 0 Å². The van der Waals surface area contributed by atoms with E-state index in [4.69, 9.17) is 5.73 Å². The van der Waals surface area contributed by atoms with Crippen LogP contribution < -0.4 is 11.1 Å². The molecule has 0 radical (unpaired) electrons. The highest BCUT2D eigenvalue weighted by Crippen LogP contribution is 2.30. The molecule has 0 amide bonds. The van der Waals surface area contributed by atoms with E-state index in [2.05, 4.69) is 28.3 Å². The van der Waals surface area contributed by atoms with Gasteiger partial charge in [-0.2, -0.15) is 16.7 Å². The summed E-state index contributed by atoms with van der Waals surface area (Å²) in [4.78, 5) is 10.7. The van der Waals surface area contributed by atoms with Crippen molar-refractivity contribution in [3.05, 3.63) is 10.9 Å². The van der Waals surface area contributed by atoms with Crippen LogP contribution in [0.4, 0.5) is 11.8 Å². The predicted molar refractivity (Wildman–Crippen MR) is 88.7 cm³/mol. The topological polar surface area (TPSA) is 84.1 Å². The van der Waals surface area contributed by atoms with Crippen molar-refractivity contribution < 1.29 is 5.11 Å². The highest BCUT2D eigenvalue weighted by atomic mass is 32.2. The molecule has 20 heavy (non-hydrogen) atoms. The number of thiophene rings is 1. The molecule has 1 unspecified atom stereocenters. The summed E-state index contributed by atoms with van der Waals surface area (Å²) in [5.41, 5.74) is 4.97. The zero-order valence-electron chi connectivity index (χ0n) is 11.9. The van der Waals surface area contributed by atoms with Crippen molar-refractivity contribution in [2.75, 3.05) is 29.6 Å². The number of nitrogens with zero attached hydrogens (tertiary/aromatic N) is 2. The Morgan fingerprint density at radius 2 is 2.25 bits per heavy atom. The van der Waals surface area contributed by atoms with Crippen LogP contribution in [0.1, 0.15) is 18.7 Å². The van der Waals surface area contributed by atoms with Crippen LogP contribution in [-0.2, 0) is 6.42 Å². The first-order valence-corrected chi connectivity index (χ1v) is 8.67. The van der Waals surface area contributed by atoms with Crippen molar-refractivity contribution >= 4 is 45.1 Å². The average molecular weight is 312 g/mol. The SMILES string of the molecule is CCc1cc2c(NCC(C)(O)CSC)nc(N)nc2s1. The molecule has 110 valence electrons. The number of nitrogens with two attached hydrogens (primary N) is 1. The fourth-order valence-corrected chi connectivity index (χ4v) is 3.63. The number of fused-ring (bicyclic) bond motifs is 1. The van der Waals surface area contributed by atoms with Gasteiger partial charge in [-0.3, -0.25) is 0 Å². The monoisotopic (exact) mass is 312 g/mol. The second-order valence-corrected chi connectivity index (χ2v) is 6.98. The molecule has 2 heterocycles. The average Bonchev–Trinajstić information content (AvgIpc) is 2.78. The number of aromatic nitrogens is 2. The zero-order chi connectivity index (χ0) is 14.8. The molecule has 0 saturated carbocycles. The minimum atomic E-state index is -0.783. The Morgan fingerprint density at radius 3 is 2.90 bits per heavy atom. The van der Waals surface area contributed by atoms with E-state index in [1.165, 1.54) is 4.88 Å². The molecule has 2 rings (SSSR count). The Labute approximate surface area is 127 Å². The van der Waals surface area contributed by atoms with Crippen LogP contribution >= 0.6 is 23.1 Å². The lowest BCUT2D eigenvalue weighted by Gasteiger charge is -2.23. The highest BCUT2D eigenvalue weighted by Gasteiger charge is 2.20. The molecular formula is C13H20N4OS2. The van der Waals surface area contributed by atoms with Crippen LogP contribution in [-0.4, -0.2) is 39.2 Å². The number of nitrogen functional groups attached to an aromatic ring is 1. The Hall–Kier alpha value is -1.05. The molecule has 0 saturated heterocycles. The first kappa shape index (κ1) is 15.3. The van der Waals surface area contributed by atoms with E-state index in [1.54, 1.807) is 23.1 Å². The largest absolute Gasteiger partial charge is 0.387 e. The van der Waals surface area contributed by atoms with Gasteiger partial charge in [0.05, 0.1) is 11.0 Å². The Balaban J connectivity index is 2.26. The third kappa shape index (κ3) is 3.53. The summed E-state index contributed by atoms with van der Waals surface area (Å²) < 4.78 is 0. The molecule has 0 aromatic carbocycles. The number of hydrogen-bond donors (Lipinski definition) is 3. The Morgan fingerprint density at radius 1 is 1.50 bits per heavy atom. The van der Waals surface area contributed by atoms with Crippen LogP contribution in [0.25, 0.3) is 10.2 Å². The highest BCUT2D eigenvalue weighted by molar-refractivity contribution is 7.98. The molecule has 5 nitrogen and oxygen atoms in total. The standard InChI is InChI=1S/C13H20N4OS2/c1-4-8-5-9-10(15-6-13(2,18)7-19-3)16-12(14)17-11(9)20-8/h5,18H,4,6-7H2,1-3H3,(H3,14,15,16,17). The fourth-order valence-electron chi connectivity index (χ4n) is 1.93. The van der Waals surface area contributed by atoms with Gasteiger partial charge in [0.1, 0.15) is 10.6 Å². The summed E-state index contributed by atoms with van der Waals surface area (Å²) in [5, 5.41) is 14.4. The van der Waals surface area contributed by atoms with E-state index < -0.39 is 5.60 Å². The molecule has 0 fully saturated rings. The van der Waals surface area contributed by atoms with Crippen LogP contribution in [0, 0.1) is 0 Å². The van der Waals surface area contributed by atoms with Crippen LogP contribution in [0.3, 0.4) is 0 Å². The summed E-state index contributed by atoms with van der Waals surface area (Å²) in [6, 6.07) is 2.09. The van der Waals surface area contributed by atoms with Gasteiger partial charge in [-0.1, -0.05) is 6.92 Å². The minimum absolute atomic E-state index is 0.258. The van der Waals surface area contributed by atoms with E-state index in [0.29, 0.717) is 18.1 Å². The first-order chi connectivity index (χ1) is 9.45. The van der Waals surface area contributed by atoms with Crippen molar-refractivity contribution in [3.8, 4) is 0 Å². The molecule has 0 aliphatic rings. The van der Waals surface area contributed by atoms with Gasteiger partial charge >= 0.3 is 0 Å². The van der Waals surface area contributed by atoms with Gasteiger partial charge in [-0.25, -0.2) is 4.98 Å². The third-order valence-corrected chi connectivity index (χ3v) is 4.99. The lowest BCUT2D eigenvalue weighted by Crippen LogP contribution is -2.36. The Kier molecular flexibility index (Phi) is 4.72. The summed E-state index contributed by atoms with van der Waals surface area (Å²) in [5.74, 6) is 1.62. The fraction of sp³-hybridized carbons (Fsp3) is 0.538. The zero-order valence-corrected chi connectivity index (χ0v) is 13.6. The summed E-state index contributed by atoms with van der Waals surface area (Å²) in [7, 11) is 0. The van der Waals surface area contributed by atoms with E-state index in [1.807, 2.05) is 13.2 Å². The minimum Gasteiger partial charge on any atom is -0.387 e. The van der Waals surface area contributed by atoms with E-state index >= 15 is 0 Å². The van der Waals surface area contributed by atoms with Crippen LogP contribution in [0.5, 0.6) is 0 Å². The maximum atomic E-state index is 10.2. The third-order valence-electron chi connectivity index (χ3n) is 2.90. The van der Waals surface area contributed by atoms with E-state index in [-0.39, 0.29) is 5.95 Å². The van der Waals surface area contributed by atoms with Gasteiger partial charge in [0.2, 0.25) is 5.95 Å². The maximum absolute atomic E-state index is 10.2. The van der Waals surface area contributed by atoms with E-state index in [9.17, 15) is 5.11 Å². The van der Waals surface area contributed by atoms with E-state index in [0.717, 1.165) is 16.6 Å². The molecule has 1 atom stereocenters. The van der Waals surface area contributed by atoms with Gasteiger partial charge in [0, 0.05) is 17.2 Å². The van der Waals surface area contributed by atoms with Crippen LogP contribution in [0.2, 0.25) is 0 Å². The molecule has 2 aromatic rings. The molecular weight excluding hydrogens is 292 g/mol. The second-order valence-electron chi connectivity index (χ2n) is 5.00. The lowest BCUT2D eigenvalue weighted by atomic mass is 10.1. The van der Waals surface area contributed by atoms with Crippen molar-refractivity contribution in [2.24, 2.45) is 0 Å². The number of aryl methyl sites for hydroxylation is 1. The molecule has 0 aliphatic heterocycles. The van der Waals surface area contributed by atoms with Crippen LogP contribution in [0.15, 0.2) is 6.07 Å². The summed E-state index contributed by atoms with van der Waals surface area (Å²) in [6.07, 6.45) is 2.94. The quantitative estimate of drug-likeness (QED) is 0.759. The second kappa shape index (κ2) is 6.15. The number of hydrogen-bond acceptors (Lipinski definition) is 7. The van der Waals surface area contributed by atoms with Gasteiger partial charge in [0.15, 0.2) is 0 Å². The normalized spacial score (nSPS) is 14.4. The van der Waals surface area contributed by atoms with Gasteiger partial charge in [0.25, 0.3) is 0 Å². The Bertz CT molecular complexity index is 597. The summed E-state index contributed by atoms with van der Waals surface area (Å²) in [6.45, 7) is 4.35. The lowest BCUT2D eigenvalue weighted by molar-refractivity contribution is 0.0996. The smallest absolute Gasteiger partial charge is 0.223 e. The predicted octanol–water partition coefficient (Wildman–Crippen LogP) is 2.36. The van der Waals surface area contributed by atoms with Crippen molar-refractivity contribution in [3.63, 3.8) is 0 Å². The number of rotatable bonds is 6. The maximum Gasteiger partial charge on any atom is 0.223 e. The van der Waals surface area contributed by atoms with Gasteiger partial charge in [-0.15, -0.1) is 11.3 Å². The molecule has 0 spiro atoms. The summed E-state index contributed by atoms with van der Waals surface area (Å²) >= 11 is 3.24. The molecule has 0 aliphatic carbocycles. The first-order valence-electron chi connectivity index (χ1n) is 6.46. The molecule has 0 bridgehead atoms. The van der Waals surface area contributed by atoms with Crippen molar-refractivity contribution in [2.45, 2.75) is 25.9 Å². The number of anilines is 2. The van der Waals surface area contributed by atoms with Gasteiger partial charge in [-0.05, 0) is 25.7 Å².